The predicted molar refractivity (Wildman–Crippen MR) is 99.2 cm³/mol. The number of methoxy groups -OCH3 is 3. The van der Waals surface area contributed by atoms with Crippen molar-refractivity contribution in [2.75, 3.05) is 34.4 Å². The van der Waals surface area contributed by atoms with Gasteiger partial charge in [-0.25, -0.2) is 4.79 Å². The van der Waals surface area contributed by atoms with E-state index in [1.54, 1.807) is 32.7 Å². The molecular weight excluding hydrogens is 340 g/mol. The summed E-state index contributed by atoms with van der Waals surface area (Å²) in [4.78, 5) is 13.1. The summed E-state index contributed by atoms with van der Waals surface area (Å²) >= 11 is 1.69. The molecule has 0 saturated carbocycles. The van der Waals surface area contributed by atoms with E-state index in [0.29, 0.717) is 36.8 Å². The highest BCUT2D eigenvalue weighted by Crippen LogP contribution is 2.39. The van der Waals surface area contributed by atoms with Crippen molar-refractivity contribution in [2.45, 2.75) is 12.8 Å². The van der Waals surface area contributed by atoms with Gasteiger partial charge in [-0.05, 0) is 30.4 Å². The fourth-order valence-corrected chi connectivity index (χ4v) is 3.20. The van der Waals surface area contributed by atoms with E-state index >= 15 is 0 Å². The minimum atomic E-state index is -0.170. The summed E-state index contributed by atoms with van der Waals surface area (Å²) in [5.74, 6) is 1.80. The Bertz CT molecular complexity index is 674. The van der Waals surface area contributed by atoms with Gasteiger partial charge in [0.05, 0.1) is 21.3 Å². The maximum atomic E-state index is 11.8. The highest BCUT2D eigenvalue weighted by molar-refractivity contribution is 7.09. The molecule has 136 valence electrons. The van der Waals surface area contributed by atoms with Crippen LogP contribution in [0.15, 0.2) is 29.6 Å². The van der Waals surface area contributed by atoms with Crippen LogP contribution in [-0.2, 0) is 12.8 Å². The van der Waals surface area contributed by atoms with Crippen LogP contribution < -0.4 is 24.8 Å². The van der Waals surface area contributed by atoms with Crippen molar-refractivity contribution in [1.82, 2.24) is 10.6 Å². The number of hydrogen-bond donors (Lipinski definition) is 2. The minimum absolute atomic E-state index is 0.170. The van der Waals surface area contributed by atoms with Crippen molar-refractivity contribution < 1.29 is 19.0 Å². The summed E-state index contributed by atoms with van der Waals surface area (Å²) in [6.07, 6.45) is 1.47. The van der Waals surface area contributed by atoms with E-state index < -0.39 is 0 Å². The van der Waals surface area contributed by atoms with Crippen molar-refractivity contribution in [3.05, 3.63) is 40.1 Å². The maximum Gasteiger partial charge on any atom is 0.314 e. The summed E-state index contributed by atoms with van der Waals surface area (Å²) < 4.78 is 16.1. The van der Waals surface area contributed by atoms with Crippen LogP contribution in [-0.4, -0.2) is 40.5 Å². The molecule has 0 atom stereocenters. The number of urea groups is 1. The largest absolute Gasteiger partial charge is 0.493 e. The molecule has 2 N–H and O–H groups in total. The van der Waals surface area contributed by atoms with E-state index in [4.69, 9.17) is 14.2 Å². The monoisotopic (exact) mass is 364 g/mol. The smallest absolute Gasteiger partial charge is 0.314 e. The van der Waals surface area contributed by atoms with Crippen molar-refractivity contribution in [2.24, 2.45) is 0 Å². The lowest BCUT2D eigenvalue weighted by Crippen LogP contribution is -2.37. The van der Waals surface area contributed by atoms with Crippen LogP contribution in [0.25, 0.3) is 0 Å². The average molecular weight is 364 g/mol. The fourth-order valence-electron chi connectivity index (χ4n) is 2.49. The zero-order valence-electron chi connectivity index (χ0n) is 14.8. The molecule has 2 aromatic rings. The number of hydrogen-bond acceptors (Lipinski definition) is 5. The van der Waals surface area contributed by atoms with E-state index in [2.05, 4.69) is 16.7 Å². The minimum Gasteiger partial charge on any atom is -0.493 e. The standard InChI is InChI=1S/C18H24N2O4S/c1-22-15-7-6-13(16(23-2)17(15)24-3)8-10-19-18(21)20-11-9-14-5-4-12-25-14/h4-7,12H,8-11H2,1-3H3,(H2,19,20,21). The first kappa shape index (κ1) is 18.9. The molecule has 6 nitrogen and oxygen atoms in total. The van der Waals surface area contributed by atoms with Crippen LogP contribution in [0.1, 0.15) is 10.4 Å². The third-order valence-corrected chi connectivity index (χ3v) is 4.64. The van der Waals surface area contributed by atoms with Crippen LogP contribution in [0.2, 0.25) is 0 Å². The molecule has 1 aromatic carbocycles. The van der Waals surface area contributed by atoms with Crippen LogP contribution >= 0.6 is 11.3 Å². The van der Waals surface area contributed by atoms with Crippen LogP contribution in [0.3, 0.4) is 0 Å². The Kier molecular flexibility index (Phi) is 7.40. The first-order valence-corrected chi connectivity index (χ1v) is 8.89. The molecule has 7 heteroatoms. The predicted octanol–water partition coefficient (Wildman–Crippen LogP) is 2.86. The summed E-state index contributed by atoms with van der Waals surface area (Å²) in [5, 5.41) is 7.75. The van der Waals surface area contributed by atoms with Gasteiger partial charge in [-0.1, -0.05) is 12.1 Å². The van der Waals surface area contributed by atoms with Crippen molar-refractivity contribution in [3.63, 3.8) is 0 Å². The molecule has 25 heavy (non-hydrogen) atoms. The third-order valence-electron chi connectivity index (χ3n) is 3.70. The van der Waals surface area contributed by atoms with E-state index in [1.165, 1.54) is 4.88 Å². The molecule has 0 bridgehead atoms. The quantitative estimate of drug-likeness (QED) is 0.718. The zero-order valence-corrected chi connectivity index (χ0v) is 15.6. The van der Waals surface area contributed by atoms with Crippen molar-refractivity contribution in [1.29, 1.82) is 0 Å². The molecule has 2 rings (SSSR count). The molecule has 1 heterocycles. The van der Waals surface area contributed by atoms with E-state index in [9.17, 15) is 4.79 Å². The molecule has 0 fully saturated rings. The Morgan fingerprint density at radius 2 is 1.68 bits per heavy atom. The summed E-state index contributed by atoms with van der Waals surface area (Å²) in [7, 11) is 4.74. The van der Waals surface area contributed by atoms with E-state index in [-0.39, 0.29) is 6.03 Å². The van der Waals surface area contributed by atoms with Crippen molar-refractivity contribution >= 4 is 17.4 Å². The number of carbonyl (C=O) groups excluding carboxylic acids is 1. The molecule has 0 aliphatic rings. The number of rotatable bonds is 9. The highest BCUT2D eigenvalue weighted by atomic mass is 32.1. The molecule has 2 amide bonds. The highest BCUT2D eigenvalue weighted by Gasteiger charge is 2.15. The van der Waals surface area contributed by atoms with Gasteiger partial charge in [-0.3, -0.25) is 0 Å². The number of benzene rings is 1. The van der Waals surface area contributed by atoms with Crippen LogP contribution in [0, 0.1) is 0 Å². The van der Waals surface area contributed by atoms with Gasteiger partial charge < -0.3 is 24.8 Å². The number of nitrogens with one attached hydrogen (secondary N) is 2. The first-order chi connectivity index (χ1) is 12.2. The Morgan fingerprint density at radius 1 is 0.960 bits per heavy atom. The fraction of sp³-hybridized carbons (Fsp3) is 0.389. The van der Waals surface area contributed by atoms with E-state index in [0.717, 1.165) is 12.0 Å². The normalized spacial score (nSPS) is 10.2. The molecular formula is C18H24N2O4S. The molecule has 0 spiro atoms. The van der Waals surface area contributed by atoms with Crippen LogP contribution in [0.5, 0.6) is 17.2 Å². The zero-order chi connectivity index (χ0) is 18.1. The Hall–Kier alpha value is -2.41. The van der Waals surface area contributed by atoms with Gasteiger partial charge in [0.25, 0.3) is 0 Å². The lowest BCUT2D eigenvalue weighted by molar-refractivity contribution is 0.241. The Balaban J connectivity index is 1.81. The Labute approximate surface area is 152 Å². The third kappa shape index (κ3) is 5.29. The first-order valence-electron chi connectivity index (χ1n) is 8.01. The van der Waals surface area contributed by atoms with Crippen molar-refractivity contribution in [3.8, 4) is 17.2 Å². The van der Waals surface area contributed by atoms with Gasteiger partial charge in [0, 0.05) is 23.5 Å². The number of ether oxygens (including phenoxy) is 3. The number of thiophene rings is 1. The lowest BCUT2D eigenvalue weighted by atomic mass is 10.1. The topological polar surface area (TPSA) is 68.8 Å². The van der Waals surface area contributed by atoms with Crippen LogP contribution in [0.4, 0.5) is 4.79 Å². The molecule has 0 aliphatic carbocycles. The van der Waals surface area contributed by atoms with Gasteiger partial charge in [0.1, 0.15) is 0 Å². The second-order valence-corrected chi connectivity index (χ2v) is 6.29. The SMILES string of the molecule is COc1ccc(CCNC(=O)NCCc2cccs2)c(OC)c1OC. The molecule has 0 aliphatic heterocycles. The molecule has 1 aromatic heterocycles. The number of carbonyl (C=O) groups is 1. The van der Waals surface area contributed by atoms with Gasteiger partial charge >= 0.3 is 6.03 Å². The summed E-state index contributed by atoms with van der Waals surface area (Å²) in [6.45, 7) is 1.11. The molecule has 0 saturated heterocycles. The maximum absolute atomic E-state index is 11.8. The second-order valence-electron chi connectivity index (χ2n) is 5.26. The molecule has 0 unspecified atom stereocenters. The lowest BCUT2D eigenvalue weighted by Gasteiger charge is -2.16. The Morgan fingerprint density at radius 3 is 2.28 bits per heavy atom. The average Bonchev–Trinajstić information content (AvgIpc) is 3.14. The second kappa shape index (κ2) is 9.78. The van der Waals surface area contributed by atoms with E-state index in [1.807, 2.05) is 23.6 Å². The number of amides is 2. The summed E-state index contributed by atoms with van der Waals surface area (Å²) in [6, 6.07) is 7.65. The van der Waals surface area contributed by atoms with Gasteiger partial charge in [0.2, 0.25) is 5.75 Å². The summed E-state index contributed by atoms with van der Waals surface area (Å²) in [5.41, 5.74) is 0.944. The van der Waals surface area contributed by atoms with Gasteiger partial charge in [0.15, 0.2) is 11.5 Å². The molecule has 0 radical (unpaired) electrons. The van der Waals surface area contributed by atoms with Gasteiger partial charge in [-0.2, -0.15) is 0 Å². The van der Waals surface area contributed by atoms with Gasteiger partial charge in [-0.15, -0.1) is 11.3 Å².